The Kier molecular flexibility index (Phi) is 2.60. The molecule has 2 heteroatoms. The fourth-order valence-corrected chi connectivity index (χ4v) is 1.54. The second-order valence-corrected chi connectivity index (χ2v) is 3.87. The van der Waals surface area contributed by atoms with Crippen LogP contribution in [0, 0.1) is 5.92 Å². The van der Waals surface area contributed by atoms with Gasteiger partial charge in [-0.1, -0.05) is 6.07 Å². The van der Waals surface area contributed by atoms with Crippen molar-refractivity contribution in [2.45, 2.75) is 32.4 Å². The Morgan fingerprint density at radius 1 is 1.62 bits per heavy atom. The first-order chi connectivity index (χ1) is 6.36. The molecule has 1 aliphatic rings. The Bertz CT molecular complexity index is 254. The third kappa shape index (κ3) is 2.52. The molecule has 1 aromatic rings. The minimum atomic E-state index is 0.667. The van der Waals surface area contributed by atoms with E-state index >= 15 is 0 Å². The highest BCUT2D eigenvalue weighted by atomic mass is 14.9. The van der Waals surface area contributed by atoms with Crippen molar-refractivity contribution in [3.8, 4) is 0 Å². The van der Waals surface area contributed by atoms with Gasteiger partial charge in [-0.25, -0.2) is 0 Å². The van der Waals surface area contributed by atoms with E-state index in [2.05, 4.69) is 23.3 Å². The van der Waals surface area contributed by atoms with Crippen molar-refractivity contribution in [3.63, 3.8) is 0 Å². The maximum absolute atomic E-state index is 4.08. The van der Waals surface area contributed by atoms with Crippen molar-refractivity contribution < 1.29 is 0 Å². The molecule has 1 heterocycles. The summed E-state index contributed by atoms with van der Waals surface area (Å²) in [5.41, 5.74) is 1.27. The first kappa shape index (κ1) is 8.70. The summed E-state index contributed by atoms with van der Waals surface area (Å²) in [7, 11) is 0. The van der Waals surface area contributed by atoms with Crippen LogP contribution < -0.4 is 5.32 Å². The Balaban J connectivity index is 1.78. The van der Waals surface area contributed by atoms with Gasteiger partial charge in [-0.15, -0.1) is 0 Å². The molecule has 0 radical (unpaired) electrons. The summed E-state index contributed by atoms with van der Waals surface area (Å²) in [5.74, 6) is 0.927. The third-order valence-electron chi connectivity index (χ3n) is 2.68. The predicted octanol–water partition coefficient (Wildman–Crippen LogP) is 1.97. The molecule has 0 bridgehead atoms. The minimum Gasteiger partial charge on any atom is -0.310 e. The van der Waals surface area contributed by atoms with Gasteiger partial charge in [0.25, 0.3) is 0 Å². The molecule has 0 aromatic carbocycles. The molecular formula is C11H16N2. The van der Waals surface area contributed by atoms with Crippen LogP contribution in [-0.4, -0.2) is 11.0 Å². The van der Waals surface area contributed by atoms with Crippen LogP contribution in [0.4, 0.5) is 0 Å². The lowest BCUT2D eigenvalue weighted by Crippen LogP contribution is -2.27. The van der Waals surface area contributed by atoms with Crippen LogP contribution in [0.5, 0.6) is 0 Å². The topological polar surface area (TPSA) is 24.9 Å². The van der Waals surface area contributed by atoms with E-state index in [0.29, 0.717) is 6.04 Å². The molecule has 0 saturated heterocycles. The largest absolute Gasteiger partial charge is 0.310 e. The lowest BCUT2D eigenvalue weighted by molar-refractivity contribution is 0.496. The van der Waals surface area contributed by atoms with Gasteiger partial charge in [0.2, 0.25) is 0 Å². The summed E-state index contributed by atoms with van der Waals surface area (Å²) < 4.78 is 0. The van der Waals surface area contributed by atoms with Gasteiger partial charge in [-0.3, -0.25) is 4.98 Å². The Labute approximate surface area is 79.4 Å². The number of hydrogen-bond donors (Lipinski definition) is 1. The van der Waals surface area contributed by atoms with Crippen molar-refractivity contribution in [1.29, 1.82) is 0 Å². The second-order valence-electron chi connectivity index (χ2n) is 3.87. The first-order valence-corrected chi connectivity index (χ1v) is 4.98. The Hall–Kier alpha value is -0.890. The van der Waals surface area contributed by atoms with Crippen LogP contribution in [0.1, 0.15) is 25.3 Å². The van der Waals surface area contributed by atoms with E-state index in [9.17, 15) is 0 Å². The van der Waals surface area contributed by atoms with Crippen LogP contribution in [0.3, 0.4) is 0 Å². The van der Waals surface area contributed by atoms with Gasteiger partial charge in [0.05, 0.1) is 0 Å². The monoisotopic (exact) mass is 176 g/mol. The first-order valence-electron chi connectivity index (χ1n) is 4.98. The van der Waals surface area contributed by atoms with Gasteiger partial charge >= 0.3 is 0 Å². The van der Waals surface area contributed by atoms with Gasteiger partial charge < -0.3 is 5.32 Å². The van der Waals surface area contributed by atoms with E-state index in [4.69, 9.17) is 0 Å². The molecule has 1 saturated carbocycles. The van der Waals surface area contributed by atoms with E-state index in [1.54, 1.807) is 0 Å². The van der Waals surface area contributed by atoms with Crippen LogP contribution in [-0.2, 0) is 6.54 Å². The standard InChI is InChI=1S/C11H16N2/c1-9(11-4-5-11)13-8-10-3-2-6-12-7-10/h2-3,6-7,9,11,13H,4-5,8H2,1H3. The lowest BCUT2D eigenvalue weighted by Gasteiger charge is -2.11. The summed E-state index contributed by atoms with van der Waals surface area (Å²) >= 11 is 0. The van der Waals surface area contributed by atoms with Crippen LogP contribution >= 0.6 is 0 Å². The number of nitrogens with one attached hydrogen (secondary N) is 1. The van der Waals surface area contributed by atoms with Crippen LogP contribution in [0.25, 0.3) is 0 Å². The summed E-state index contributed by atoms with van der Waals surface area (Å²) in [6.07, 6.45) is 6.54. The quantitative estimate of drug-likeness (QED) is 0.758. The van der Waals surface area contributed by atoms with E-state index < -0.39 is 0 Å². The normalized spacial score (nSPS) is 18.5. The summed E-state index contributed by atoms with van der Waals surface area (Å²) in [6.45, 7) is 3.22. The summed E-state index contributed by atoms with van der Waals surface area (Å²) in [6, 6.07) is 4.76. The molecule has 1 N–H and O–H groups in total. The average molecular weight is 176 g/mol. The van der Waals surface area contributed by atoms with Crippen molar-refractivity contribution in [3.05, 3.63) is 30.1 Å². The molecule has 0 amide bonds. The van der Waals surface area contributed by atoms with Gasteiger partial charge in [0.1, 0.15) is 0 Å². The highest BCUT2D eigenvalue weighted by molar-refractivity contribution is 5.08. The zero-order chi connectivity index (χ0) is 9.10. The highest BCUT2D eigenvalue weighted by Crippen LogP contribution is 2.32. The molecule has 13 heavy (non-hydrogen) atoms. The van der Waals surface area contributed by atoms with Crippen LogP contribution in [0.15, 0.2) is 24.5 Å². The fourth-order valence-electron chi connectivity index (χ4n) is 1.54. The van der Waals surface area contributed by atoms with Gasteiger partial charge in [-0.05, 0) is 37.3 Å². The van der Waals surface area contributed by atoms with Gasteiger partial charge in [0, 0.05) is 25.0 Å². The number of pyridine rings is 1. The predicted molar refractivity (Wildman–Crippen MR) is 53.3 cm³/mol. The van der Waals surface area contributed by atoms with Crippen LogP contribution in [0.2, 0.25) is 0 Å². The molecule has 70 valence electrons. The lowest BCUT2D eigenvalue weighted by atomic mass is 10.2. The smallest absolute Gasteiger partial charge is 0.0312 e. The maximum atomic E-state index is 4.08. The molecular weight excluding hydrogens is 160 g/mol. The molecule has 1 unspecified atom stereocenters. The SMILES string of the molecule is CC(NCc1cccnc1)C1CC1. The molecule has 1 atom stereocenters. The van der Waals surface area contributed by atoms with Gasteiger partial charge in [-0.2, -0.15) is 0 Å². The highest BCUT2D eigenvalue weighted by Gasteiger charge is 2.27. The summed E-state index contributed by atoms with van der Waals surface area (Å²) in [4.78, 5) is 4.08. The van der Waals surface area contributed by atoms with E-state index in [1.807, 2.05) is 18.5 Å². The average Bonchev–Trinajstić information content (AvgIpc) is 2.99. The molecule has 2 nitrogen and oxygen atoms in total. The molecule has 2 rings (SSSR count). The van der Waals surface area contributed by atoms with Crippen molar-refractivity contribution >= 4 is 0 Å². The van der Waals surface area contributed by atoms with E-state index in [0.717, 1.165) is 12.5 Å². The number of hydrogen-bond acceptors (Lipinski definition) is 2. The number of rotatable bonds is 4. The van der Waals surface area contributed by atoms with Gasteiger partial charge in [0.15, 0.2) is 0 Å². The Morgan fingerprint density at radius 3 is 3.08 bits per heavy atom. The maximum Gasteiger partial charge on any atom is 0.0312 e. The zero-order valence-electron chi connectivity index (χ0n) is 8.03. The Morgan fingerprint density at radius 2 is 2.46 bits per heavy atom. The summed E-state index contributed by atoms with van der Waals surface area (Å²) in [5, 5.41) is 3.52. The molecule has 1 fully saturated rings. The second kappa shape index (κ2) is 3.88. The fraction of sp³-hybridized carbons (Fsp3) is 0.545. The molecule has 0 spiro atoms. The minimum absolute atomic E-state index is 0.667. The zero-order valence-corrected chi connectivity index (χ0v) is 8.03. The van der Waals surface area contributed by atoms with E-state index in [-0.39, 0.29) is 0 Å². The van der Waals surface area contributed by atoms with Crippen molar-refractivity contribution in [2.24, 2.45) is 5.92 Å². The number of nitrogens with zero attached hydrogens (tertiary/aromatic N) is 1. The van der Waals surface area contributed by atoms with Crippen molar-refractivity contribution in [1.82, 2.24) is 10.3 Å². The molecule has 1 aliphatic carbocycles. The number of aromatic nitrogens is 1. The van der Waals surface area contributed by atoms with Crippen molar-refractivity contribution in [2.75, 3.05) is 0 Å². The third-order valence-corrected chi connectivity index (χ3v) is 2.68. The van der Waals surface area contributed by atoms with E-state index in [1.165, 1.54) is 18.4 Å². The molecule has 1 aromatic heterocycles. The molecule has 0 aliphatic heterocycles.